The quantitative estimate of drug-likeness (QED) is 0.524. The average molecular weight is 445 g/mol. The number of carbonyl (C=O) groups excluding carboxylic acids is 3. The maximum absolute atomic E-state index is 12.6. The van der Waals surface area contributed by atoms with Crippen molar-refractivity contribution in [2.45, 2.75) is 26.9 Å². The number of anilines is 1. The van der Waals surface area contributed by atoms with E-state index in [4.69, 9.17) is 4.74 Å². The molecule has 0 saturated carbocycles. The molecule has 31 heavy (non-hydrogen) atoms. The second-order valence-electron chi connectivity index (χ2n) is 7.48. The molecule has 1 atom stereocenters. The van der Waals surface area contributed by atoms with Gasteiger partial charge in [0.15, 0.2) is 6.10 Å². The van der Waals surface area contributed by atoms with Gasteiger partial charge in [-0.2, -0.15) is 0 Å². The third kappa shape index (κ3) is 5.46. The molecular formula is C21H23N3O6S. The molecule has 0 bridgehead atoms. The second kappa shape index (κ2) is 8.84. The lowest BCUT2D eigenvalue weighted by atomic mass is 10.1. The zero-order valence-corrected chi connectivity index (χ0v) is 18.2. The van der Waals surface area contributed by atoms with E-state index < -0.39 is 22.1 Å². The molecular weight excluding hydrogens is 422 g/mol. The fraction of sp³-hybridized carbons (Fsp3) is 0.333. The Labute approximate surface area is 180 Å². The molecule has 9 nitrogen and oxygen atoms in total. The van der Waals surface area contributed by atoms with Crippen LogP contribution in [0.2, 0.25) is 0 Å². The first-order chi connectivity index (χ1) is 14.6. The number of hydrogen-bond donors (Lipinski definition) is 1. The predicted molar refractivity (Wildman–Crippen MR) is 115 cm³/mol. The number of fused-ring (bicyclic) bond motifs is 1. The van der Waals surface area contributed by atoms with Crippen LogP contribution in [0.5, 0.6) is 0 Å². The summed E-state index contributed by atoms with van der Waals surface area (Å²) < 4.78 is 32.1. The van der Waals surface area contributed by atoms with Crippen LogP contribution in [0.25, 0.3) is 0 Å². The van der Waals surface area contributed by atoms with Gasteiger partial charge in [-0.3, -0.25) is 9.59 Å². The van der Waals surface area contributed by atoms with E-state index >= 15 is 0 Å². The largest absolute Gasteiger partial charge is 0.451 e. The maximum atomic E-state index is 12.6. The lowest BCUT2D eigenvalue weighted by molar-refractivity contribution is -0.141. The van der Waals surface area contributed by atoms with Crippen LogP contribution in [-0.4, -0.2) is 55.2 Å². The monoisotopic (exact) mass is 445 g/mol. The molecule has 0 spiro atoms. The van der Waals surface area contributed by atoms with Crippen LogP contribution >= 0.6 is 0 Å². The van der Waals surface area contributed by atoms with Gasteiger partial charge >= 0.3 is 5.97 Å². The molecule has 0 aliphatic carbocycles. The number of Topliss-reactive ketones (excluding diaryl/α,β-unsaturated/α-hetero) is 1. The molecule has 2 aliphatic rings. The lowest BCUT2D eigenvalue weighted by Crippen LogP contribution is -2.37. The number of rotatable bonds is 6. The van der Waals surface area contributed by atoms with Gasteiger partial charge in [-0.25, -0.2) is 13.2 Å². The molecule has 1 aromatic carbocycles. The maximum Gasteiger partial charge on any atom is 0.340 e. The summed E-state index contributed by atoms with van der Waals surface area (Å²) in [5.41, 5.74) is 1.09. The van der Waals surface area contributed by atoms with E-state index in [1.807, 2.05) is 0 Å². The first-order valence-corrected chi connectivity index (χ1v) is 11.3. The minimum absolute atomic E-state index is 0.130. The summed E-state index contributed by atoms with van der Waals surface area (Å²) in [5.74, 6) is -1.30. The van der Waals surface area contributed by atoms with Crippen LogP contribution in [0, 0.1) is 5.92 Å². The first kappa shape index (κ1) is 22.4. The molecule has 2 aliphatic heterocycles. The van der Waals surface area contributed by atoms with Gasteiger partial charge in [0.2, 0.25) is 11.7 Å². The number of nitrogens with zero attached hydrogens (tertiary/aromatic N) is 2. The topological polar surface area (TPSA) is 122 Å². The van der Waals surface area contributed by atoms with Crippen LogP contribution in [0.4, 0.5) is 5.69 Å². The molecule has 2 heterocycles. The third-order valence-electron chi connectivity index (χ3n) is 4.67. The van der Waals surface area contributed by atoms with E-state index in [0.717, 1.165) is 0 Å². The number of carbonyl (C=O) groups is 3. The highest BCUT2D eigenvalue weighted by atomic mass is 32.2. The third-order valence-corrected chi connectivity index (χ3v) is 5.84. The molecule has 0 aromatic heterocycles. The van der Waals surface area contributed by atoms with Crippen molar-refractivity contribution in [2.24, 2.45) is 10.3 Å². The van der Waals surface area contributed by atoms with E-state index in [2.05, 4.69) is 9.71 Å². The molecule has 10 heteroatoms. The number of nitrogens with one attached hydrogen (secondary N) is 1. The zero-order valence-electron chi connectivity index (χ0n) is 17.4. The molecule has 0 radical (unpaired) electrons. The highest BCUT2D eigenvalue weighted by Crippen LogP contribution is 2.18. The fourth-order valence-electron chi connectivity index (χ4n) is 2.84. The van der Waals surface area contributed by atoms with Gasteiger partial charge in [-0.1, -0.05) is 13.8 Å². The highest BCUT2D eigenvalue weighted by molar-refractivity contribution is 7.90. The van der Waals surface area contributed by atoms with Crippen molar-refractivity contribution >= 4 is 39.2 Å². The summed E-state index contributed by atoms with van der Waals surface area (Å²) in [6, 6.07) is 6.33. The number of sulfonamides is 1. The lowest BCUT2D eigenvalue weighted by Gasteiger charge is -2.27. The minimum atomic E-state index is -3.48. The molecule has 0 saturated heterocycles. The highest BCUT2D eigenvalue weighted by Gasteiger charge is 2.27. The number of amidine groups is 1. The average Bonchev–Trinajstić information content (AvgIpc) is 2.72. The van der Waals surface area contributed by atoms with Crippen molar-refractivity contribution in [1.82, 2.24) is 4.90 Å². The van der Waals surface area contributed by atoms with E-state index in [1.54, 1.807) is 43.0 Å². The zero-order chi connectivity index (χ0) is 22.8. The van der Waals surface area contributed by atoms with E-state index in [-0.39, 0.29) is 41.3 Å². The molecule has 1 amide bonds. The van der Waals surface area contributed by atoms with Gasteiger partial charge in [0, 0.05) is 29.9 Å². The molecule has 1 unspecified atom stereocenters. The Morgan fingerprint density at radius 2 is 1.77 bits per heavy atom. The SMILES string of the molecule is CC(C)C(=O)Nc1ccc(C(=O)C(C)OC(=O)C2=CN3CCS(=O)(=O)N=C3C=C2)cc1. The van der Waals surface area contributed by atoms with Crippen LogP contribution in [0.3, 0.4) is 0 Å². The van der Waals surface area contributed by atoms with Gasteiger partial charge in [-0.05, 0) is 43.3 Å². The smallest absolute Gasteiger partial charge is 0.340 e. The molecule has 1 aromatic rings. The number of esters is 1. The van der Waals surface area contributed by atoms with Crippen molar-refractivity contribution in [2.75, 3.05) is 17.6 Å². The Kier molecular flexibility index (Phi) is 6.40. The van der Waals surface area contributed by atoms with E-state index in [9.17, 15) is 22.8 Å². The van der Waals surface area contributed by atoms with Crippen molar-refractivity contribution in [3.8, 4) is 0 Å². The number of ketones is 1. The first-order valence-electron chi connectivity index (χ1n) is 9.71. The second-order valence-corrected chi connectivity index (χ2v) is 9.23. The van der Waals surface area contributed by atoms with E-state index in [1.165, 1.54) is 25.3 Å². The van der Waals surface area contributed by atoms with Gasteiger partial charge in [-0.15, -0.1) is 4.40 Å². The number of amides is 1. The van der Waals surface area contributed by atoms with Gasteiger partial charge < -0.3 is 15.0 Å². The van der Waals surface area contributed by atoms with Crippen LogP contribution in [0.1, 0.15) is 31.1 Å². The summed E-state index contributed by atoms with van der Waals surface area (Å²) in [6.45, 7) is 5.21. The Morgan fingerprint density at radius 1 is 1.10 bits per heavy atom. The summed E-state index contributed by atoms with van der Waals surface area (Å²) >= 11 is 0. The van der Waals surface area contributed by atoms with Crippen molar-refractivity contribution in [1.29, 1.82) is 0 Å². The Balaban J connectivity index is 1.62. The summed E-state index contributed by atoms with van der Waals surface area (Å²) in [5, 5.41) is 2.74. The standard InChI is InChI=1S/C21H23N3O6S/c1-13(2)20(26)22-17-7-4-15(5-8-17)19(25)14(3)30-21(27)16-6-9-18-23-31(28,29)11-10-24(18)12-16/h4-9,12-14H,10-11H2,1-3H3,(H,22,26). The molecule has 164 valence electrons. The van der Waals surface area contributed by atoms with Gasteiger partial charge in [0.1, 0.15) is 5.84 Å². The minimum Gasteiger partial charge on any atom is -0.451 e. The van der Waals surface area contributed by atoms with Crippen molar-refractivity contribution < 1.29 is 27.5 Å². The molecule has 3 rings (SSSR count). The molecule has 0 fully saturated rings. The fourth-order valence-corrected chi connectivity index (χ4v) is 3.81. The van der Waals surface area contributed by atoms with Crippen LogP contribution in [0.15, 0.2) is 52.6 Å². The number of benzene rings is 1. The van der Waals surface area contributed by atoms with Gasteiger partial charge in [0.05, 0.1) is 11.3 Å². The Hall–Kier alpha value is -3.27. The van der Waals surface area contributed by atoms with Crippen molar-refractivity contribution in [3.63, 3.8) is 0 Å². The van der Waals surface area contributed by atoms with Gasteiger partial charge in [0.25, 0.3) is 10.0 Å². The van der Waals surface area contributed by atoms with Crippen molar-refractivity contribution in [3.05, 3.63) is 53.8 Å². The van der Waals surface area contributed by atoms with E-state index in [0.29, 0.717) is 11.3 Å². The Bertz CT molecular complexity index is 1100. The summed E-state index contributed by atoms with van der Waals surface area (Å²) in [4.78, 5) is 38.4. The number of ether oxygens (including phenoxy) is 1. The number of hydrogen-bond acceptors (Lipinski definition) is 7. The Morgan fingerprint density at radius 3 is 2.42 bits per heavy atom. The predicted octanol–water partition coefficient (Wildman–Crippen LogP) is 1.89. The molecule has 1 N–H and O–H groups in total. The van der Waals surface area contributed by atoms with Crippen LogP contribution in [-0.2, 0) is 24.3 Å². The summed E-state index contributed by atoms with van der Waals surface area (Å²) in [6.07, 6.45) is 3.25. The normalized spacial score (nSPS) is 17.9. The summed E-state index contributed by atoms with van der Waals surface area (Å²) in [7, 11) is -3.48. The van der Waals surface area contributed by atoms with Crippen LogP contribution < -0.4 is 5.32 Å².